The fourth-order valence-electron chi connectivity index (χ4n) is 2.14. The number of fused-ring (bicyclic) bond motifs is 1. The van der Waals surface area contributed by atoms with Crippen molar-refractivity contribution in [2.75, 3.05) is 5.73 Å². The summed E-state index contributed by atoms with van der Waals surface area (Å²) in [5.74, 6) is 0.570. The second-order valence-corrected chi connectivity index (χ2v) is 4.80. The van der Waals surface area contributed by atoms with E-state index in [1.54, 1.807) is 0 Å². The van der Waals surface area contributed by atoms with Gasteiger partial charge in [0.1, 0.15) is 0 Å². The average Bonchev–Trinajstić information content (AvgIpc) is 2.76. The topological polar surface area (TPSA) is 64.9 Å². The molecule has 0 bridgehead atoms. The van der Waals surface area contributed by atoms with Crippen LogP contribution in [0.2, 0.25) is 0 Å². The largest absolute Gasteiger partial charge is 0.434 e. The van der Waals surface area contributed by atoms with Gasteiger partial charge in [-0.25, -0.2) is 4.98 Å². The molecule has 4 heteroatoms. The lowest BCUT2D eigenvalue weighted by atomic mass is 10.0. The summed E-state index contributed by atoms with van der Waals surface area (Å²) in [6.45, 7) is 6.00. The van der Waals surface area contributed by atoms with E-state index < -0.39 is 0 Å². The van der Waals surface area contributed by atoms with Crippen molar-refractivity contribution in [2.24, 2.45) is 0 Å². The molecule has 4 nitrogen and oxygen atoms in total. The maximum atomic E-state index is 5.90. The maximum absolute atomic E-state index is 5.90. The Hall–Kier alpha value is -2.36. The number of nitrogens with zero attached hydrogens (tertiary/aromatic N) is 2. The lowest BCUT2D eigenvalue weighted by Crippen LogP contribution is -1.92. The van der Waals surface area contributed by atoms with Gasteiger partial charge in [0, 0.05) is 16.9 Å². The van der Waals surface area contributed by atoms with Gasteiger partial charge in [-0.2, -0.15) is 4.98 Å². The summed E-state index contributed by atoms with van der Waals surface area (Å²) in [5.41, 5.74) is 12.0. The molecule has 0 saturated carbocycles. The molecule has 0 unspecified atom stereocenters. The first-order valence-corrected chi connectivity index (χ1v) is 6.16. The molecule has 0 aliphatic carbocycles. The Morgan fingerprint density at radius 3 is 2.63 bits per heavy atom. The van der Waals surface area contributed by atoms with Gasteiger partial charge in [0.2, 0.25) is 5.89 Å². The van der Waals surface area contributed by atoms with Gasteiger partial charge in [0.05, 0.1) is 0 Å². The lowest BCUT2D eigenvalue weighted by molar-refractivity contribution is 0.619. The first-order chi connectivity index (χ1) is 9.04. The van der Waals surface area contributed by atoms with Crippen molar-refractivity contribution in [3.63, 3.8) is 0 Å². The number of nitrogens with two attached hydrogens (primary N) is 1. The van der Waals surface area contributed by atoms with Crippen molar-refractivity contribution >= 4 is 16.9 Å². The normalized spacial score (nSPS) is 11.1. The molecule has 2 heterocycles. The molecule has 0 amide bonds. The van der Waals surface area contributed by atoms with Crippen molar-refractivity contribution in [1.29, 1.82) is 0 Å². The van der Waals surface area contributed by atoms with E-state index in [1.165, 1.54) is 0 Å². The fraction of sp³-hybridized carbons (Fsp3) is 0.200. The molecule has 0 aliphatic heterocycles. The molecule has 1 aromatic carbocycles. The second-order valence-electron chi connectivity index (χ2n) is 4.80. The number of anilines is 1. The third-order valence-electron chi connectivity index (χ3n) is 3.31. The van der Waals surface area contributed by atoms with Crippen molar-refractivity contribution in [1.82, 2.24) is 9.97 Å². The van der Waals surface area contributed by atoms with Crippen LogP contribution in [0.25, 0.3) is 22.7 Å². The van der Waals surface area contributed by atoms with Gasteiger partial charge in [-0.15, -0.1) is 0 Å². The highest BCUT2D eigenvalue weighted by Crippen LogP contribution is 2.29. The van der Waals surface area contributed by atoms with E-state index in [0.717, 1.165) is 22.4 Å². The zero-order chi connectivity index (χ0) is 13.6. The van der Waals surface area contributed by atoms with Crippen LogP contribution in [-0.2, 0) is 0 Å². The Morgan fingerprint density at radius 1 is 1.05 bits per heavy atom. The smallest absolute Gasteiger partial charge is 0.229 e. The Kier molecular flexibility index (Phi) is 2.52. The van der Waals surface area contributed by atoms with Crippen LogP contribution in [0.3, 0.4) is 0 Å². The summed E-state index contributed by atoms with van der Waals surface area (Å²) < 4.78 is 5.77. The van der Waals surface area contributed by atoms with Gasteiger partial charge >= 0.3 is 0 Å². The van der Waals surface area contributed by atoms with Crippen LogP contribution in [0.15, 0.2) is 28.7 Å². The summed E-state index contributed by atoms with van der Waals surface area (Å²) in [6, 6.07) is 7.64. The maximum Gasteiger partial charge on any atom is 0.229 e. The molecule has 3 aromatic rings. The molecule has 0 fully saturated rings. The molecule has 96 valence electrons. The molecule has 3 rings (SSSR count). The number of hydrogen-bond acceptors (Lipinski definition) is 4. The summed E-state index contributed by atoms with van der Waals surface area (Å²) in [5, 5.41) is 0. The quantitative estimate of drug-likeness (QED) is 0.675. The molecule has 0 radical (unpaired) electrons. The zero-order valence-corrected chi connectivity index (χ0v) is 11.2. The minimum absolute atomic E-state index is 0.570. The van der Waals surface area contributed by atoms with Gasteiger partial charge in [0.15, 0.2) is 11.2 Å². The number of aromatic nitrogens is 2. The van der Waals surface area contributed by atoms with Crippen molar-refractivity contribution < 1.29 is 4.42 Å². The van der Waals surface area contributed by atoms with Gasteiger partial charge in [0.25, 0.3) is 0 Å². The van der Waals surface area contributed by atoms with Crippen LogP contribution >= 0.6 is 0 Å². The zero-order valence-electron chi connectivity index (χ0n) is 11.2. The lowest BCUT2D eigenvalue weighted by Gasteiger charge is -2.06. The number of aryl methyl sites for hydroxylation is 2. The molecule has 0 saturated heterocycles. The molecule has 0 atom stereocenters. The van der Waals surface area contributed by atoms with E-state index in [1.807, 2.05) is 45.0 Å². The van der Waals surface area contributed by atoms with Crippen LogP contribution in [0.1, 0.15) is 16.8 Å². The number of hydrogen-bond donors (Lipinski definition) is 1. The molecule has 2 N–H and O–H groups in total. The minimum Gasteiger partial charge on any atom is -0.434 e. The third kappa shape index (κ3) is 1.95. The molecular formula is C15H15N3O. The highest BCUT2D eigenvalue weighted by molar-refractivity contribution is 5.75. The molecule has 0 aliphatic rings. The van der Waals surface area contributed by atoms with Crippen LogP contribution < -0.4 is 5.73 Å². The number of nitrogen functional groups attached to an aromatic ring is 1. The van der Waals surface area contributed by atoms with Crippen LogP contribution in [0.4, 0.5) is 5.69 Å². The van der Waals surface area contributed by atoms with Gasteiger partial charge in [-0.3, -0.25) is 0 Å². The van der Waals surface area contributed by atoms with Crippen molar-refractivity contribution in [3.05, 3.63) is 41.1 Å². The summed E-state index contributed by atoms with van der Waals surface area (Å²) >= 11 is 0. The SMILES string of the molecule is Cc1ccc2oc(-c3cc(N)cc(C)c3C)nc2n1. The first kappa shape index (κ1) is 11.7. The van der Waals surface area contributed by atoms with Crippen LogP contribution in [-0.4, -0.2) is 9.97 Å². The number of pyridine rings is 1. The number of benzene rings is 1. The van der Waals surface area contributed by atoms with Crippen molar-refractivity contribution in [2.45, 2.75) is 20.8 Å². The Balaban J connectivity index is 2.24. The van der Waals surface area contributed by atoms with Crippen LogP contribution in [0, 0.1) is 20.8 Å². The second kappa shape index (κ2) is 4.09. The third-order valence-corrected chi connectivity index (χ3v) is 3.31. The monoisotopic (exact) mass is 253 g/mol. The standard InChI is InChI=1S/C15H15N3O/c1-8-6-11(16)7-12(10(8)3)15-18-14-13(19-15)5-4-9(2)17-14/h4-7H,16H2,1-3H3. The molecule has 2 aromatic heterocycles. The van der Waals surface area contributed by atoms with E-state index in [4.69, 9.17) is 10.2 Å². The molecule has 0 spiro atoms. The Labute approximate surface area is 111 Å². The fourth-order valence-corrected chi connectivity index (χ4v) is 2.14. The predicted octanol–water partition coefficient (Wildman–Crippen LogP) is 3.40. The van der Waals surface area contributed by atoms with E-state index in [0.29, 0.717) is 22.8 Å². The highest BCUT2D eigenvalue weighted by Gasteiger charge is 2.13. The number of rotatable bonds is 1. The van der Waals surface area contributed by atoms with Crippen molar-refractivity contribution in [3.8, 4) is 11.5 Å². The summed E-state index contributed by atoms with van der Waals surface area (Å²) in [4.78, 5) is 8.81. The predicted molar refractivity (Wildman–Crippen MR) is 75.9 cm³/mol. The average molecular weight is 253 g/mol. The minimum atomic E-state index is 0.570. The molecule has 19 heavy (non-hydrogen) atoms. The Morgan fingerprint density at radius 2 is 1.84 bits per heavy atom. The molecular weight excluding hydrogens is 238 g/mol. The van der Waals surface area contributed by atoms with Gasteiger partial charge in [-0.05, 0) is 56.2 Å². The summed E-state index contributed by atoms with van der Waals surface area (Å²) in [7, 11) is 0. The summed E-state index contributed by atoms with van der Waals surface area (Å²) in [6.07, 6.45) is 0. The van der Waals surface area contributed by atoms with Gasteiger partial charge in [-0.1, -0.05) is 0 Å². The van der Waals surface area contributed by atoms with E-state index in [-0.39, 0.29) is 0 Å². The first-order valence-electron chi connectivity index (χ1n) is 6.16. The van der Waals surface area contributed by atoms with Crippen LogP contribution in [0.5, 0.6) is 0 Å². The highest BCUT2D eigenvalue weighted by atomic mass is 16.3. The Bertz CT molecular complexity index is 774. The van der Waals surface area contributed by atoms with Gasteiger partial charge < -0.3 is 10.2 Å². The van der Waals surface area contributed by atoms with E-state index in [9.17, 15) is 0 Å². The van der Waals surface area contributed by atoms with E-state index in [2.05, 4.69) is 9.97 Å². The van der Waals surface area contributed by atoms with E-state index >= 15 is 0 Å². The number of oxazole rings is 1.